The van der Waals surface area contributed by atoms with Gasteiger partial charge in [0.05, 0.1) is 5.02 Å². The van der Waals surface area contributed by atoms with Gasteiger partial charge in [0.1, 0.15) is 17.4 Å². The fourth-order valence-electron chi connectivity index (χ4n) is 1.53. The number of benzene rings is 1. The summed E-state index contributed by atoms with van der Waals surface area (Å²) in [7, 11) is 0. The third-order valence-corrected chi connectivity index (χ3v) is 4.10. The SMILES string of the molecule is C.C=C(CC)C(=O)c1ccc(OCC(=O)C(C)(C)C)c(Cl)c1Cl. The Bertz CT molecular complexity index is 613. The summed E-state index contributed by atoms with van der Waals surface area (Å²) in [5.74, 6) is -0.0196. The topological polar surface area (TPSA) is 43.4 Å². The standard InChI is InChI=1S/C17H20Cl2O3.CH4/c1-6-10(2)16(21)11-7-8-12(15(19)14(11)18)22-9-13(20)17(3,4)5;/h7-8H,2,6,9H2,1,3-5H3;1H4. The minimum atomic E-state index is -0.495. The summed E-state index contributed by atoms with van der Waals surface area (Å²) in [4.78, 5) is 24.0. The molecule has 0 saturated carbocycles. The van der Waals surface area contributed by atoms with Gasteiger partial charge in [-0.15, -0.1) is 0 Å². The van der Waals surface area contributed by atoms with E-state index in [0.29, 0.717) is 12.0 Å². The monoisotopic (exact) mass is 358 g/mol. The maximum atomic E-state index is 12.1. The molecule has 0 spiro atoms. The number of ether oxygens (including phenoxy) is 1. The minimum Gasteiger partial charge on any atom is -0.484 e. The van der Waals surface area contributed by atoms with E-state index in [1.165, 1.54) is 6.07 Å². The second-order valence-electron chi connectivity index (χ2n) is 5.99. The molecule has 5 heteroatoms. The van der Waals surface area contributed by atoms with Crippen molar-refractivity contribution in [1.29, 1.82) is 0 Å². The number of allylic oxidation sites excluding steroid dienone is 1. The van der Waals surface area contributed by atoms with Crippen LogP contribution in [0.25, 0.3) is 0 Å². The molecule has 3 nitrogen and oxygen atoms in total. The van der Waals surface area contributed by atoms with Crippen molar-refractivity contribution in [2.24, 2.45) is 5.41 Å². The Morgan fingerprint density at radius 1 is 1.17 bits per heavy atom. The molecule has 128 valence electrons. The van der Waals surface area contributed by atoms with Gasteiger partial charge in [-0.1, -0.05) is 64.9 Å². The maximum absolute atomic E-state index is 12.1. The molecule has 23 heavy (non-hydrogen) atoms. The molecule has 1 rings (SSSR count). The lowest BCUT2D eigenvalue weighted by Gasteiger charge is -2.17. The molecule has 0 aliphatic rings. The number of hydrogen-bond acceptors (Lipinski definition) is 3. The second kappa shape index (κ2) is 8.51. The van der Waals surface area contributed by atoms with Crippen molar-refractivity contribution < 1.29 is 14.3 Å². The Labute approximate surface area is 148 Å². The molecular weight excluding hydrogens is 335 g/mol. The lowest BCUT2D eigenvalue weighted by molar-refractivity contribution is -0.128. The molecular formula is C18H24Cl2O3. The predicted octanol–water partition coefficient (Wildman–Crippen LogP) is 5.77. The Kier molecular flexibility index (Phi) is 8.02. The highest BCUT2D eigenvalue weighted by atomic mass is 35.5. The average Bonchev–Trinajstić information content (AvgIpc) is 2.45. The molecule has 0 aromatic heterocycles. The van der Waals surface area contributed by atoms with Gasteiger partial charge in [-0.2, -0.15) is 0 Å². The molecule has 0 bridgehead atoms. The van der Waals surface area contributed by atoms with Crippen LogP contribution in [0.15, 0.2) is 24.3 Å². The van der Waals surface area contributed by atoms with Gasteiger partial charge in [0.25, 0.3) is 0 Å². The number of carbonyl (C=O) groups is 2. The molecule has 0 atom stereocenters. The van der Waals surface area contributed by atoms with E-state index in [2.05, 4.69) is 6.58 Å². The molecule has 0 N–H and O–H groups in total. The van der Waals surface area contributed by atoms with Crippen LogP contribution in [0.2, 0.25) is 10.0 Å². The zero-order valence-electron chi connectivity index (χ0n) is 13.3. The molecule has 0 radical (unpaired) electrons. The summed E-state index contributed by atoms with van der Waals surface area (Å²) in [5, 5.41) is 0.236. The van der Waals surface area contributed by atoms with Crippen LogP contribution in [0.1, 0.15) is 51.9 Å². The molecule has 0 unspecified atom stereocenters. The highest BCUT2D eigenvalue weighted by Gasteiger charge is 2.23. The summed E-state index contributed by atoms with van der Waals surface area (Å²) in [6.45, 7) is 10.9. The fourth-order valence-corrected chi connectivity index (χ4v) is 1.99. The Morgan fingerprint density at radius 2 is 1.74 bits per heavy atom. The van der Waals surface area contributed by atoms with Crippen molar-refractivity contribution >= 4 is 34.8 Å². The van der Waals surface area contributed by atoms with Gasteiger partial charge < -0.3 is 4.74 Å². The first-order valence-electron chi connectivity index (χ1n) is 6.96. The van der Waals surface area contributed by atoms with E-state index in [0.717, 1.165) is 0 Å². The molecule has 1 aromatic carbocycles. The molecule has 0 aliphatic heterocycles. The molecule has 0 amide bonds. The van der Waals surface area contributed by atoms with Crippen LogP contribution in [-0.4, -0.2) is 18.2 Å². The second-order valence-corrected chi connectivity index (χ2v) is 6.74. The van der Waals surface area contributed by atoms with Crippen LogP contribution in [0.5, 0.6) is 5.75 Å². The fraction of sp³-hybridized carbons (Fsp3) is 0.444. The zero-order chi connectivity index (χ0) is 17.1. The van der Waals surface area contributed by atoms with Crippen LogP contribution in [0.4, 0.5) is 0 Å². The van der Waals surface area contributed by atoms with Gasteiger partial charge >= 0.3 is 0 Å². The average molecular weight is 359 g/mol. The zero-order valence-corrected chi connectivity index (χ0v) is 14.8. The van der Waals surface area contributed by atoms with Crippen LogP contribution in [-0.2, 0) is 4.79 Å². The molecule has 1 aromatic rings. The summed E-state index contributed by atoms with van der Waals surface area (Å²) in [5.41, 5.74) is 0.243. The Balaban J connectivity index is 0.00000484. The molecule has 0 heterocycles. The molecule has 0 aliphatic carbocycles. The van der Waals surface area contributed by atoms with Crippen molar-refractivity contribution in [1.82, 2.24) is 0 Å². The van der Waals surface area contributed by atoms with Crippen LogP contribution >= 0.6 is 23.2 Å². The number of carbonyl (C=O) groups excluding carboxylic acids is 2. The van der Waals surface area contributed by atoms with Gasteiger partial charge in [0.15, 0.2) is 11.6 Å². The number of ketones is 2. The van der Waals surface area contributed by atoms with Gasteiger partial charge in [0, 0.05) is 11.0 Å². The lowest BCUT2D eigenvalue weighted by atomic mass is 9.91. The molecule has 0 saturated heterocycles. The van der Waals surface area contributed by atoms with Crippen molar-refractivity contribution in [2.75, 3.05) is 6.61 Å². The van der Waals surface area contributed by atoms with Crippen molar-refractivity contribution in [3.63, 3.8) is 0 Å². The highest BCUT2D eigenvalue weighted by molar-refractivity contribution is 6.45. The predicted molar refractivity (Wildman–Crippen MR) is 96.9 cm³/mol. The summed E-state index contributed by atoms with van der Waals surface area (Å²) in [6, 6.07) is 3.08. The number of hydrogen-bond donors (Lipinski definition) is 0. The smallest absolute Gasteiger partial charge is 0.189 e. The number of Topliss-reactive ketones (excluding diaryl/α,β-unsaturated/α-hetero) is 2. The van der Waals surface area contributed by atoms with Crippen molar-refractivity contribution in [2.45, 2.75) is 41.5 Å². The van der Waals surface area contributed by atoms with Crippen LogP contribution in [0.3, 0.4) is 0 Å². The van der Waals surface area contributed by atoms with Gasteiger partial charge in [0.2, 0.25) is 0 Å². The Morgan fingerprint density at radius 3 is 2.22 bits per heavy atom. The van der Waals surface area contributed by atoms with E-state index in [1.54, 1.807) is 6.07 Å². The first-order chi connectivity index (χ1) is 10.1. The minimum absolute atomic E-state index is 0. The number of rotatable bonds is 6. The largest absolute Gasteiger partial charge is 0.484 e. The quantitative estimate of drug-likeness (QED) is 0.478. The number of halogens is 2. The highest BCUT2D eigenvalue weighted by Crippen LogP contribution is 2.36. The summed E-state index contributed by atoms with van der Waals surface area (Å²) in [6.07, 6.45) is 0.533. The van der Waals surface area contributed by atoms with Crippen LogP contribution < -0.4 is 4.74 Å². The first-order valence-corrected chi connectivity index (χ1v) is 7.71. The van der Waals surface area contributed by atoms with Crippen molar-refractivity contribution in [3.05, 3.63) is 39.9 Å². The first kappa shape index (κ1) is 21.7. The van der Waals surface area contributed by atoms with Crippen LogP contribution in [0, 0.1) is 5.41 Å². The summed E-state index contributed by atoms with van der Waals surface area (Å²) < 4.78 is 5.43. The van der Waals surface area contributed by atoms with Gasteiger partial charge in [-0.3, -0.25) is 9.59 Å². The van der Waals surface area contributed by atoms with Crippen molar-refractivity contribution in [3.8, 4) is 5.75 Å². The maximum Gasteiger partial charge on any atom is 0.189 e. The van der Waals surface area contributed by atoms with E-state index >= 15 is 0 Å². The van der Waals surface area contributed by atoms with E-state index in [4.69, 9.17) is 27.9 Å². The van der Waals surface area contributed by atoms with Gasteiger partial charge in [-0.25, -0.2) is 0 Å². The third-order valence-electron chi connectivity index (χ3n) is 3.23. The van der Waals surface area contributed by atoms with Gasteiger partial charge in [-0.05, 0) is 24.1 Å². The van der Waals surface area contributed by atoms with E-state index in [-0.39, 0.29) is 47.0 Å². The van der Waals surface area contributed by atoms with E-state index in [9.17, 15) is 9.59 Å². The Hall–Kier alpha value is -1.32. The normalized spacial score (nSPS) is 10.7. The van der Waals surface area contributed by atoms with E-state index < -0.39 is 5.41 Å². The van der Waals surface area contributed by atoms with E-state index in [1.807, 2.05) is 27.7 Å². The third kappa shape index (κ3) is 5.36. The lowest BCUT2D eigenvalue weighted by Crippen LogP contribution is -2.26. The molecule has 0 fully saturated rings. The summed E-state index contributed by atoms with van der Waals surface area (Å²) >= 11 is 12.3.